The molecular weight excluding hydrogens is 198 g/mol. The van der Waals surface area contributed by atoms with Crippen molar-refractivity contribution >= 4 is 0 Å². The lowest BCUT2D eigenvalue weighted by molar-refractivity contribution is 0.357. The highest BCUT2D eigenvalue weighted by Crippen LogP contribution is 2.21. The fourth-order valence-electron chi connectivity index (χ4n) is 1.59. The third kappa shape index (κ3) is 4.07. The third-order valence-corrected chi connectivity index (χ3v) is 2.33. The maximum Gasteiger partial charge on any atom is 0.123 e. The maximum absolute atomic E-state index is 5.83. The van der Waals surface area contributed by atoms with E-state index in [0.29, 0.717) is 6.61 Å². The minimum Gasteiger partial charge on any atom is -0.489 e. The van der Waals surface area contributed by atoms with Gasteiger partial charge in [0, 0.05) is 6.04 Å². The lowest BCUT2D eigenvalue weighted by atomic mass is 10.0. The highest BCUT2D eigenvalue weighted by atomic mass is 16.5. The van der Waals surface area contributed by atoms with E-state index in [0.717, 1.165) is 12.2 Å². The van der Waals surface area contributed by atoms with Gasteiger partial charge < -0.3 is 10.5 Å². The lowest BCUT2D eigenvalue weighted by Gasteiger charge is -2.12. The minimum atomic E-state index is 0.158. The first-order valence-corrected chi connectivity index (χ1v) is 5.72. The Morgan fingerprint density at radius 1 is 1.44 bits per heavy atom. The van der Waals surface area contributed by atoms with Crippen LogP contribution in [0.2, 0.25) is 0 Å². The molecule has 0 aromatic heterocycles. The van der Waals surface area contributed by atoms with Crippen LogP contribution in [0.15, 0.2) is 30.4 Å². The Bertz CT molecular complexity index is 356. The van der Waals surface area contributed by atoms with Gasteiger partial charge in [-0.2, -0.15) is 0 Å². The summed E-state index contributed by atoms with van der Waals surface area (Å²) >= 11 is 0. The molecule has 0 aliphatic rings. The summed E-state index contributed by atoms with van der Waals surface area (Å²) in [5, 5.41) is 0. The summed E-state index contributed by atoms with van der Waals surface area (Å²) in [6, 6.07) is 6.39. The molecule has 1 aromatic rings. The predicted molar refractivity (Wildman–Crippen MR) is 68.8 cm³/mol. The molecule has 0 fully saturated rings. The molecule has 1 aromatic carbocycles. The summed E-state index contributed by atoms with van der Waals surface area (Å²) in [7, 11) is 0. The number of nitrogens with two attached hydrogens (primary N) is 1. The summed E-state index contributed by atoms with van der Waals surface area (Å²) in [4.78, 5) is 0. The number of hydrogen-bond acceptors (Lipinski definition) is 2. The third-order valence-electron chi connectivity index (χ3n) is 2.33. The molecule has 0 saturated carbocycles. The second kappa shape index (κ2) is 6.33. The number of rotatable bonds is 5. The predicted octanol–water partition coefficient (Wildman–Crippen LogP) is 2.84. The van der Waals surface area contributed by atoms with Crippen molar-refractivity contribution in [2.45, 2.75) is 33.2 Å². The molecule has 2 nitrogen and oxygen atoms in total. The topological polar surface area (TPSA) is 35.2 Å². The average molecular weight is 219 g/mol. The van der Waals surface area contributed by atoms with Gasteiger partial charge >= 0.3 is 0 Å². The standard InChI is InChI=1S/C14H21NO/c1-4-5-8-16-14-7-6-11(2)9-13(14)10-12(3)15/h4-7,9,12H,8,10,15H2,1-3H3. The quantitative estimate of drug-likeness (QED) is 0.773. The lowest BCUT2D eigenvalue weighted by Crippen LogP contribution is -2.18. The monoisotopic (exact) mass is 219 g/mol. The van der Waals surface area contributed by atoms with Crippen molar-refractivity contribution in [1.82, 2.24) is 0 Å². The zero-order chi connectivity index (χ0) is 12.0. The van der Waals surface area contributed by atoms with E-state index in [-0.39, 0.29) is 6.04 Å². The van der Waals surface area contributed by atoms with Crippen LogP contribution in [0, 0.1) is 6.92 Å². The van der Waals surface area contributed by atoms with E-state index in [1.54, 1.807) is 0 Å². The second-order valence-electron chi connectivity index (χ2n) is 4.17. The van der Waals surface area contributed by atoms with Crippen molar-refractivity contribution in [3.05, 3.63) is 41.5 Å². The second-order valence-corrected chi connectivity index (χ2v) is 4.17. The van der Waals surface area contributed by atoms with Crippen LogP contribution in [0.5, 0.6) is 5.75 Å². The van der Waals surface area contributed by atoms with Gasteiger partial charge in [0.15, 0.2) is 0 Å². The Labute approximate surface area is 98.1 Å². The van der Waals surface area contributed by atoms with Crippen LogP contribution >= 0.6 is 0 Å². The summed E-state index contributed by atoms with van der Waals surface area (Å²) in [5.74, 6) is 0.945. The molecule has 0 amide bonds. The Balaban J connectivity index is 2.80. The van der Waals surface area contributed by atoms with Gasteiger partial charge in [-0.1, -0.05) is 29.8 Å². The van der Waals surface area contributed by atoms with E-state index in [1.807, 2.05) is 32.1 Å². The fraction of sp³-hybridized carbons (Fsp3) is 0.429. The summed E-state index contributed by atoms with van der Waals surface area (Å²) in [5.41, 5.74) is 8.27. The van der Waals surface area contributed by atoms with E-state index in [9.17, 15) is 0 Å². The average Bonchev–Trinajstić information content (AvgIpc) is 2.20. The van der Waals surface area contributed by atoms with Gasteiger partial charge in [-0.3, -0.25) is 0 Å². The minimum absolute atomic E-state index is 0.158. The molecule has 16 heavy (non-hydrogen) atoms. The summed E-state index contributed by atoms with van der Waals surface area (Å²) in [6.07, 6.45) is 4.84. The molecule has 0 saturated heterocycles. The highest BCUT2D eigenvalue weighted by molar-refractivity contribution is 5.37. The largest absolute Gasteiger partial charge is 0.489 e. The smallest absolute Gasteiger partial charge is 0.123 e. The van der Waals surface area contributed by atoms with Gasteiger partial charge in [-0.15, -0.1) is 0 Å². The zero-order valence-corrected chi connectivity index (χ0v) is 10.4. The first-order chi connectivity index (χ1) is 7.63. The molecule has 1 atom stereocenters. The van der Waals surface area contributed by atoms with Crippen LogP contribution in [-0.4, -0.2) is 12.6 Å². The van der Waals surface area contributed by atoms with Crippen molar-refractivity contribution in [2.24, 2.45) is 5.73 Å². The molecule has 1 unspecified atom stereocenters. The van der Waals surface area contributed by atoms with Crippen LogP contribution < -0.4 is 10.5 Å². The first-order valence-electron chi connectivity index (χ1n) is 5.72. The van der Waals surface area contributed by atoms with Crippen LogP contribution in [0.4, 0.5) is 0 Å². The Hall–Kier alpha value is -1.28. The van der Waals surface area contributed by atoms with Gasteiger partial charge in [0.25, 0.3) is 0 Å². The molecule has 0 radical (unpaired) electrons. The molecule has 0 bridgehead atoms. The number of ether oxygens (including phenoxy) is 1. The van der Waals surface area contributed by atoms with Crippen LogP contribution in [0.3, 0.4) is 0 Å². The number of hydrogen-bond donors (Lipinski definition) is 1. The van der Waals surface area contributed by atoms with Crippen molar-refractivity contribution in [1.29, 1.82) is 0 Å². The van der Waals surface area contributed by atoms with Gasteiger partial charge in [0.2, 0.25) is 0 Å². The highest BCUT2D eigenvalue weighted by Gasteiger charge is 2.06. The fourth-order valence-corrected chi connectivity index (χ4v) is 1.59. The van der Waals surface area contributed by atoms with Crippen molar-refractivity contribution < 1.29 is 4.74 Å². The zero-order valence-electron chi connectivity index (χ0n) is 10.4. The Kier molecular flexibility index (Phi) is 5.06. The van der Waals surface area contributed by atoms with Gasteiger partial charge in [-0.05, 0) is 38.8 Å². The molecule has 0 aliphatic carbocycles. The van der Waals surface area contributed by atoms with Crippen LogP contribution in [0.1, 0.15) is 25.0 Å². The van der Waals surface area contributed by atoms with Crippen LogP contribution in [0.25, 0.3) is 0 Å². The number of allylic oxidation sites excluding steroid dienone is 1. The molecule has 0 heterocycles. The molecule has 0 spiro atoms. The Morgan fingerprint density at radius 2 is 2.19 bits per heavy atom. The van der Waals surface area contributed by atoms with E-state index in [2.05, 4.69) is 19.1 Å². The maximum atomic E-state index is 5.83. The molecule has 2 N–H and O–H groups in total. The van der Waals surface area contributed by atoms with Crippen molar-refractivity contribution in [3.8, 4) is 5.75 Å². The number of aryl methyl sites for hydroxylation is 1. The van der Waals surface area contributed by atoms with E-state index in [1.165, 1.54) is 11.1 Å². The van der Waals surface area contributed by atoms with E-state index >= 15 is 0 Å². The molecular formula is C14H21NO. The van der Waals surface area contributed by atoms with Gasteiger partial charge in [0.05, 0.1) is 0 Å². The van der Waals surface area contributed by atoms with Crippen LogP contribution in [-0.2, 0) is 6.42 Å². The SMILES string of the molecule is CC=CCOc1ccc(C)cc1CC(C)N. The van der Waals surface area contributed by atoms with Gasteiger partial charge in [-0.25, -0.2) is 0 Å². The summed E-state index contributed by atoms with van der Waals surface area (Å²) < 4.78 is 5.69. The molecule has 88 valence electrons. The summed E-state index contributed by atoms with van der Waals surface area (Å²) in [6.45, 7) is 6.70. The van der Waals surface area contributed by atoms with Crippen molar-refractivity contribution in [2.75, 3.05) is 6.61 Å². The van der Waals surface area contributed by atoms with E-state index in [4.69, 9.17) is 10.5 Å². The first kappa shape index (κ1) is 12.8. The normalized spacial score (nSPS) is 13.0. The van der Waals surface area contributed by atoms with Crippen molar-refractivity contribution in [3.63, 3.8) is 0 Å². The molecule has 2 heteroatoms. The van der Waals surface area contributed by atoms with Gasteiger partial charge in [0.1, 0.15) is 12.4 Å². The Morgan fingerprint density at radius 3 is 2.81 bits per heavy atom. The molecule has 1 rings (SSSR count). The van der Waals surface area contributed by atoms with E-state index < -0.39 is 0 Å². The molecule has 0 aliphatic heterocycles. The number of benzene rings is 1.